The minimum atomic E-state index is -0.562. The number of allylic oxidation sites excluding steroid dienone is 12. The Balaban J connectivity index is 2.37. The average Bonchev–Trinajstić information content (AvgIpc) is 2.98. The van der Waals surface area contributed by atoms with Crippen LogP contribution in [0.5, 0.6) is 5.75 Å². The summed E-state index contributed by atoms with van der Waals surface area (Å²) in [5.41, 5.74) is 0.199. The highest BCUT2D eigenvalue weighted by Gasteiger charge is 2.26. The molecule has 0 fully saturated rings. The zero-order valence-electron chi connectivity index (χ0n) is 26.7. The lowest BCUT2D eigenvalue weighted by Crippen LogP contribution is -2.25. The molecule has 0 N–H and O–H groups in total. The van der Waals surface area contributed by atoms with E-state index < -0.39 is 17.9 Å². The largest absolute Gasteiger partial charge is 0.462 e. The molecule has 0 bridgehead atoms. The lowest BCUT2D eigenvalue weighted by molar-refractivity contribution is -0.141. The fraction of sp³-hybridized carbons (Fsp3) is 0.447. The van der Waals surface area contributed by atoms with Crippen LogP contribution in [0.25, 0.3) is 0 Å². The van der Waals surface area contributed by atoms with Gasteiger partial charge in [0.2, 0.25) is 0 Å². The molecular weight excluding hydrogens is 536 g/mol. The van der Waals surface area contributed by atoms with Gasteiger partial charge in [-0.15, -0.1) is 0 Å². The number of ether oxygens (including phenoxy) is 2. The molecule has 5 heteroatoms. The van der Waals surface area contributed by atoms with E-state index in [9.17, 15) is 14.4 Å². The van der Waals surface area contributed by atoms with Gasteiger partial charge in [-0.3, -0.25) is 9.59 Å². The summed E-state index contributed by atoms with van der Waals surface area (Å²) in [6, 6.07) is 6.52. The molecule has 0 spiro atoms. The number of rotatable bonds is 22. The van der Waals surface area contributed by atoms with Gasteiger partial charge in [-0.2, -0.15) is 0 Å². The van der Waals surface area contributed by atoms with Crippen LogP contribution in [0.3, 0.4) is 0 Å². The molecule has 0 saturated heterocycles. The van der Waals surface area contributed by atoms with E-state index in [2.05, 4.69) is 73.8 Å². The third kappa shape index (κ3) is 19.2. The summed E-state index contributed by atoms with van der Waals surface area (Å²) in [5, 5.41) is 0. The van der Waals surface area contributed by atoms with Crippen LogP contribution in [0, 0.1) is 11.8 Å². The Labute approximate surface area is 260 Å². The first-order valence-corrected chi connectivity index (χ1v) is 15.8. The number of esters is 2. The van der Waals surface area contributed by atoms with Gasteiger partial charge in [0, 0.05) is 12.8 Å². The average molecular weight is 589 g/mol. The number of carbonyl (C=O) groups is 3. The van der Waals surface area contributed by atoms with E-state index in [1.807, 2.05) is 19.9 Å². The molecular formula is C38H52O5. The number of hydrogen-bond acceptors (Lipinski definition) is 5. The second kappa shape index (κ2) is 24.8. The van der Waals surface area contributed by atoms with Gasteiger partial charge in [0.25, 0.3) is 0 Å². The monoisotopic (exact) mass is 588 g/mol. The maximum atomic E-state index is 13.0. The normalized spacial score (nSPS) is 13.0. The fourth-order valence-electron chi connectivity index (χ4n) is 4.22. The summed E-state index contributed by atoms with van der Waals surface area (Å²) in [6.45, 7) is 8.10. The number of para-hydroxylation sites is 1. The van der Waals surface area contributed by atoms with Gasteiger partial charge >= 0.3 is 11.9 Å². The summed E-state index contributed by atoms with van der Waals surface area (Å²) >= 11 is 0. The Morgan fingerprint density at radius 2 is 1.23 bits per heavy atom. The number of benzene rings is 1. The van der Waals surface area contributed by atoms with Crippen molar-refractivity contribution < 1.29 is 23.9 Å². The molecule has 0 aliphatic heterocycles. The molecule has 0 aliphatic rings. The molecule has 0 heterocycles. The number of Topliss-reactive ketones (excluding diaryl/α,β-unsaturated/α-hetero) is 1. The second-order valence-electron chi connectivity index (χ2n) is 10.7. The van der Waals surface area contributed by atoms with Gasteiger partial charge in [0.15, 0.2) is 0 Å². The fourth-order valence-corrected chi connectivity index (χ4v) is 4.22. The molecule has 1 rings (SSSR count). The lowest BCUT2D eigenvalue weighted by Gasteiger charge is -2.18. The Bertz CT molecular complexity index is 1120. The maximum Gasteiger partial charge on any atom is 0.341 e. The van der Waals surface area contributed by atoms with Crippen molar-refractivity contribution in [3.05, 3.63) is 103 Å². The number of ketones is 1. The van der Waals surface area contributed by atoms with E-state index in [4.69, 9.17) is 9.47 Å². The summed E-state index contributed by atoms with van der Waals surface area (Å²) in [4.78, 5) is 37.9. The van der Waals surface area contributed by atoms with Crippen LogP contribution in [0.1, 0.15) is 102 Å². The molecule has 0 aromatic heterocycles. The molecule has 5 nitrogen and oxygen atoms in total. The Kier molecular flexibility index (Phi) is 21.5. The van der Waals surface area contributed by atoms with Crippen molar-refractivity contribution in [2.75, 3.05) is 6.61 Å². The minimum absolute atomic E-state index is 0.0285. The number of hydrogen-bond donors (Lipinski definition) is 0. The van der Waals surface area contributed by atoms with Crippen LogP contribution in [0.2, 0.25) is 0 Å². The second-order valence-corrected chi connectivity index (χ2v) is 10.7. The van der Waals surface area contributed by atoms with E-state index in [0.29, 0.717) is 19.3 Å². The molecule has 0 radical (unpaired) electrons. The molecule has 1 unspecified atom stereocenters. The van der Waals surface area contributed by atoms with Crippen molar-refractivity contribution in [2.24, 2.45) is 11.8 Å². The van der Waals surface area contributed by atoms with E-state index in [-0.39, 0.29) is 36.0 Å². The molecule has 0 amide bonds. The lowest BCUT2D eigenvalue weighted by atomic mass is 9.91. The summed E-state index contributed by atoms with van der Waals surface area (Å²) in [7, 11) is 0. The predicted molar refractivity (Wildman–Crippen MR) is 178 cm³/mol. The smallest absolute Gasteiger partial charge is 0.341 e. The van der Waals surface area contributed by atoms with E-state index in [0.717, 1.165) is 38.5 Å². The SMILES string of the molecule is CC/C=C\C/C=C\C/C=C\C/C=C\C/C=C\C/C=C\CCC(=O)CC(CC(C)C)C(=O)Oc1ccccc1C(=O)OCC. The van der Waals surface area contributed by atoms with Crippen LogP contribution in [-0.4, -0.2) is 24.3 Å². The zero-order chi connectivity index (χ0) is 31.5. The van der Waals surface area contributed by atoms with E-state index in [1.165, 1.54) is 0 Å². The third-order valence-corrected chi connectivity index (χ3v) is 6.34. The maximum absolute atomic E-state index is 13.0. The van der Waals surface area contributed by atoms with E-state index in [1.54, 1.807) is 31.2 Å². The van der Waals surface area contributed by atoms with Crippen LogP contribution in [-0.2, 0) is 14.3 Å². The first-order valence-electron chi connectivity index (χ1n) is 15.8. The first kappa shape index (κ1) is 37.3. The van der Waals surface area contributed by atoms with Gasteiger partial charge in [-0.05, 0) is 76.3 Å². The number of carbonyl (C=O) groups excluding carboxylic acids is 3. The van der Waals surface area contributed by atoms with Crippen molar-refractivity contribution in [2.45, 2.75) is 91.9 Å². The van der Waals surface area contributed by atoms with Crippen LogP contribution in [0.4, 0.5) is 0 Å². The van der Waals surface area contributed by atoms with Gasteiger partial charge in [-0.1, -0.05) is 106 Å². The molecule has 0 saturated carbocycles. The highest BCUT2D eigenvalue weighted by atomic mass is 16.5. The Morgan fingerprint density at radius 1 is 0.721 bits per heavy atom. The Morgan fingerprint density at radius 3 is 1.74 bits per heavy atom. The predicted octanol–water partition coefficient (Wildman–Crippen LogP) is 9.87. The molecule has 0 aliphatic carbocycles. The zero-order valence-corrected chi connectivity index (χ0v) is 26.7. The molecule has 1 aromatic carbocycles. The molecule has 1 aromatic rings. The van der Waals surface area contributed by atoms with Crippen LogP contribution >= 0.6 is 0 Å². The minimum Gasteiger partial charge on any atom is -0.462 e. The van der Waals surface area contributed by atoms with Crippen molar-refractivity contribution in [3.8, 4) is 5.75 Å². The highest BCUT2D eigenvalue weighted by molar-refractivity contribution is 5.94. The topological polar surface area (TPSA) is 69.7 Å². The van der Waals surface area contributed by atoms with Crippen molar-refractivity contribution in [1.82, 2.24) is 0 Å². The van der Waals surface area contributed by atoms with Gasteiger partial charge in [0.05, 0.1) is 12.5 Å². The Hall–Kier alpha value is -3.73. The van der Waals surface area contributed by atoms with Gasteiger partial charge in [0.1, 0.15) is 17.1 Å². The van der Waals surface area contributed by atoms with Gasteiger partial charge in [-0.25, -0.2) is 4.79 Å². The van der Waals surface area contributed by atoms with Gasteiger partial charge < -0.3 is 9.47 Å². The van der Waals surface area contributed by atoms with E-state index >= 15 is 0 Å². The highest BCUT2D eigenvalue weighted by Crippen LogP contribution is 2.24. The van der Waals surface area contributed by atoms with Crippen molar-refractivity contribution in [3.63, 3.8) is 0 Å². The molecule has 1 atom stereocenters. The third-order valence-electron chi connectivity index (χ3n) is 6.34. The molecule has 234 valence electrons. The van der Waals surface area contributed by atoms with Crippen LogP contribution < -0.4 is 4.74 Å². The summed E-state index contributed by atoms with van der Waals surface area (Å²) in [6.07, 6.45) is 33.3. The molecule has 43 heavy (non-hydrogen) atoms. The standard InChI is InChI=1S/C38H52O5/c1-5-7-8-9-10-11-12-13-14-15-16-17-18-19-20-21-22-23-24-27-34(39)31-33(30-32(3)4)37(40)43-36-29-26-25-28-35(36)38(41)42-6-2/h7-8,10-11,13-14,16-17,19-20,22-23,25-26,28-29,32-33H,5-6,9,12,15,18,21,24,27,30-31H2,1-4H3/b8-7-,11-10-,14-13-,17-16-,20-19-,23-22-. The quantitative estimate of drug-likeness (QED) is 0.0766. The first-order chi connectivity index (χ1) is 20.9. The van der Waals surface area contributed by atoms with Crippen LogP contribution in [0.15, 0.2) is 97.2 Å². The van der Waals surface area contributed by atoms with Crippen molar-refractivity contribution >= 4 is 17.7 Å². The summed E-state index contributed by atoms with van der Waals surface area (Å²) < 4.78 is 10.7. The van der Waals surface area contributed by atoms with Crippen molar-refractivity contribution in [1.29, 1.82) is 0 Å². The summed E-state index contributed by atoms with van der Waals surface area (Å²) in [5.74, 6) is -1.19.